The summed E-state index contributed by atoms with van der Waals surface area (Å²) >= 11 is 1.73. The number of aliphatic hydroxyl groups is 1. The zero-order valence-electron chi connectivity index (χ0n) is 13.3. The molecule has 0 saturated carbocycles. The van der Waals surface area contributed by atoms with Crippen molar-refractivity contribution in [3.05, 3.63) is 15.6 Å². The second-order valence-corrected chi connectivity index (χ2v) is 7.52. The van der Waals surface area contributed by atoms with Gasteiger partial charge in [0.15, 0.2) is 0 Å². The van der Waals surface area contributed by atoms with E-state index >= 15 is 0 Å². The monoisotopic (exact) mass is 296 g/mol. The zero-order valence-corrected chi connectivity index (χ0v) is 14.1. The Kier molecular flexibility index (Phi) is 5.21. The number of nitrogens with zero attached hydrogens (tertiary/aromatic N) is 2. The topological polar surface area (TPSA) is 36.4 Å². The highest BCUT2D eigenvalue weighted by molar-refractivity contribution is 7.11. The molecule has 20 heavy (non-hydrogen) atoms. The summed E-state index contributed by atoms with van der Waals surface area (Å²) in [6, 6.07) is 0. The van der Waals surface area contributed by atoms with Gasteiger partial charge in [-0.2, -0.15) is 0 Å². The van der Waals surface area contributed by atoms with Gasteiger partial charge in [0.25, 0.3) is 0 Å². The van der Waals surface area contributed by atoms with Crippen LogP contribution in [0.4, 0.5) is 0 Å². The second-order valence-electron chi connectivity index (χ2n) is 6.23. The average Bonchev–Trinajstić information content (AvgIpc) is 2.77. The van der Waals surface area contributed by atoms with Gasteiger partial charge in [0, 0.05) is 16.8 Å². The molecule has 4 heteroatoms. The summed E-state index contributed by atoms with van der Waals surface area (Å²) < 4.78 is 0. The predicted octanol–water partition coefficient (Wildman–Crippen LogP) is 3.32. The van der Waals surface area contributed by atoms with Crippen LogP contribution in [0.25, 0.3) is 0 Å². The van der Waals surface area contributed by atoms with E-state index in [4.69, 9.17) is 0 Å². The van der Waals surface area contributed by atoms with Crippen molar-refractivity contribution in [2.75, 3.05) is 13.1 Å². The Morgan fingerprint density at radius 2 is 1.95 bits per heavy atom. The fourth-order valence-electron chi connectivity index (χ4n) is 3.09. The maximum absolute atomic E-state index is 10.8. The van der Waals surface area contributed by atoms with E-state index in [9.17, 15) is 5.11 Å². The summed E-state index contributed by atoms with van der Waals surface area (Å²) in [4.78, 5) is 8.34. The summed E-state index contributed by atoms with van der Waals surface area (Å²) in [6.45, 7) is 10.8. The van der Waals surface area contributed by atoms with Crippen molar-refractivity contribution in [1.82, 2.24) is 9.88 Å². The minimum Gasteiger partial charge on any atom is -0.391 e. The highest BCUT2D eigenvalue weighted by Gasteiger charge is 2.38. The maximum Gasteiger partial charge on any atom is 0.0957 e. The molecule has 2 atom stereocenters. The molecule has 0 aromatic carbocycles. The Bertz CT molecular complexity index is 420. The minimum absolute atomic E-state index is 0.117. The van der Waals surface area contributed by atoms with Gasteiger partial charge in [-0.3, -0.25) is 4.90 Å². The van der Waals surface area contributed by atoms with E-state index in [0.717, 1.165) is 30.2 Å². The summed E-state index contributed by atoms with van der Waals surface area (Å²) in [6.07, 6.45) is 5.18. The Hall–Kier alpha value is -0.450. The number of aryl methyl sites for hydroxylation is 2. The molecule has 2 heterocycles. The molecule has 2 rings (SSSR count). The van der Waals surface area contributed by atoms with Crippen LogP contribution in [-0.4, -0.2) is 39.7 Å². The average molecular weight is 296 g/mol. The fraction of sp³-hybridized carbons (Fsp3) is 0.812. The van der Waals surface area contributed by atoms with Crippen molar-refractivity contribution < 1.29 is 5.11 Å². The zero-order chi connectivity index (χ0) is 14.8. The van der Waals surface area contributed by atoms with Crippen LogP contribution in [0.2, 0.25) is 0 Å². The summed E-state index contributed by atoms with van der Waals surface area (Å²) in [5.41, 5.74) is 0.988. The second kappa shape index (κ2) is 6.54. The third-order valence-corrected chi connectivity index (χ3v) is 6.05. The Labute approximate surface area is 127 Å². The van der Waals surface area contributed by atoms with Crippen LogP contribution in [0, 0.1) is 13.8 Å². The molecule has 1 aromatic rings. The van der Waals surface area contributed by atoms with Gasteiger partial charge in [-0.25, -0.2) is 4.98 Å². The van der Waals surface area contributed by atoms with E-state index < -0.39 is 0 Å². The van der Waals surface area contributed by atoms with E-state index in [1.54, 1.807) is 11.3 Å². The lowest BCUT2D eigenvalue weighted by Crippen LogP contribution is -2.56. The molecule has 0 amide bonds. The molecule has 0 aliphatic carbocycles. The molecule has 1 N–H and O–H groups in total. The molecular formula is C16H28N2OS. The molecule has 0 spiro atoms. The number of hydrogen-bond acceptors (Lipinski definition) is 4. The van der Waals surface area contributed by atoms with Crippen LogP contribution in [-0.2, 0) is 6.42 Å². The standard InChI is InChI=1S/C16H28N2OS/c1-5-16(4,18-9-7-6-8-10-18)14(19)11-15-17-12(2)13(3)20-15/h14,19H,5-11H2,1-4H3. The third kappa shape index (κ3) is 3.23. The number of thiazole rings is 1. The minimum atomic E-state index is -0.337. The molecule has 1 aliphatic heterocycles. The summed E-state index contributed by atoms with van der Waals surface area (Å²) in [5.74, 6) is 0. The Morgan fingerprint density at radius 3 is 2.45 bits per heavy atom. The first-order chi connectivity index (χ1) is 9.47. The fourth-order valence-corrected chi connectivity index (χ4v) is 4.06. The molecule has 0 radical (unpaired) electrons. The van der Waals surface area contributed by atoms with E-state index in [1.165, 1.54) is 24.1 Å². The van der Waals surface area contributed by atoms with Crippen molar-refractivity contribution in [3.8, 4) is 0 Å². The van der Waals surface area contributed by atoms with Crippen LogP contribution in [0.1, 0.15) is 55.1 Å². The number of piperidine rings is 1. The van der Waals surface area contributed by atoms with Gasteiger partial charge < -0.3 is 5.11 Å². The molecule has 114 valence electrons. The van der Waals surface area contributed by atoms with E-state index in [1.807, 2.05) is 6.92 Å². The van der Waals surface area contributed by atoms with Gasteiger partial charge in [0.1, 0.15) is 0 Å². The molecule has 3 nitrogen and oxygen atoms in total. The van der Waals surface area contributed by atoms with Gasteiger partial charge in [-0.1, -0.05) is 13.3 Å². The highest BCUT2D eigenvalue weighted by atomic mass is 32.1. The molecule has 1 aromatic heterocycles. The number of aliphatic hydroxyl groups excluding tert-OH is 1. The van der Waals surface area contributed by atoms with Crippen molar-refractivity contribution in [2.24, 2.45) is 0 Å². The molecular weight excluding hydrogens is 268 g/mol. The van der Waals surface area contributed by atoms with Crippen LogP contribution in [0.3, 0.4) is 0 Å². The maximum atomic E-state index is 10.8. The van der Waals surface area contributed by atoms with Crippen LogP contribution < -0.4 is 0 Å². The van der Waals surface area contributed by atoms with E-state index in [-0.39, 0.29) is 11.6 Å². The number of hydrogen-bond donors (Lipinski definition) is 1. The van der Waals surface area contributed by atoms with Gasteiger partial charge >= 0.3 is 0 Å². The van der Waals surface area contributed by atoms with Gasteiger partial charge in [0.05, 0.1) is 16.8 Å². The van der Waals surface area contributed by atoms with Crippen molar-refractivity contribution in [2.45, 2.75) is 71.4 Å². The lowest BCUT2D eigenvalue weighted by molar-refractivity contribution is -0.0328. The van der Waals surface area contributed by atoms with Gasteiger partial charge in [-0.15, -0.1) is 11.3 Å². The normalized spacial score (nSPS) is 21.6. The predicted molar refractivity (Wildman–Crippen MR) is 85.4 cm³/mol. The Morgan fingerprint density at radius 1 is 1.30 bits per heavy atom. The first-order valence-electron chi connectivity index (χ1n) is 7.83. The summed E-state index contributed by atoms with van der Waals surface area (Å²) in [5, 5.41) is 11.9. The Balaban J connectivity index is 2.09. The van der Waals surface area contributed by atoms with Crippen LogP contribution >= 0.6 is 11.3 Å². The van der Waals surface area contributed by atoms with Crippen LogP contribution in [0.5, 0.6) is 0 Å². The first-order valence-corrected chi connectivity index (χ1v) is 8.65. The summed E-state index contributed by atoms with van der Waals surface area (Å²) in [7, 11) is 0. The van der Waals surface area contributed by atoms with Crippen LogP contribution in [0.15, 0.2) is 0 Å². The quantitative estimate of drug-likeness (QED) is 0.905. The third-order valence-electron chi connectivity index (χ3n) is 4.95. The van der Waals surface area contributed by atoms with Gasteiger partial charge in [0.2, 0.25) is 0 Å². The smallest absolute Gasteiger partial charge is 0.0957 e. The number of aromatic nitrogens is 1. The van der Waals surface area contributed by atoms with Crippen molar-refractivity contribution >= 4 is 11.3 Å². The molecule has 1 aliphatic rings. The SMILES string of the molecule is CCC(C)(C(O)Cc1nc(C)c(C)s1)N1CCCCC1. The number of rotatable bonds is 5. The van der Waals surface area contributed by atoms with Crippen molar-refractivity contribution in [3.63, 3.8) is 0 Å². The van der Waals surface area contributed by atoms with Gasteiger partial charge in [-0.05, 0) is 53.1 Å². The lowest BCUT2D eigenvalue weighted by Gasteiger charge is -2.46. The largest absolute Gasteiger partial charge is 0.391 e. The molecule has 2 unspecified atom stereocenters. The van der Waals surface area contributed by atoms with Crippen molar-refractivity contribution in [1.29, 1.82) is 0 Å². The lowest BCUT2D eigenvalue weighted by atomic mass is 9.86. The van der Waals surface area contributed by atoms with E-state index in [2.05, 4.69) is 30.7 Å². The number of likely N-dealkylation sites (tertiary alicyclic amines) is 1. The highest BCUT2D eigenvalue weighted by Crippen LogP contribution is 2.30. The first kappa shape index (κ1) is 15.9. The molecule has 1 fully saturated rings. The molecule has 1 saturated heterocycles. The molecule has 0 bridgehead atoms. The van der Waals surface area contributed by atoms with E-state index in [0.29, 0.717) is 6.42 Å².